The van der Waals surface area contributed by atoms with Crippen LogP contribution in [0.15, 0.2) is 57.8 Å². The van der Waals surface area contributed by atoms with Gasteiger partial charge in [0.1, 0.15) is 11.2 Å². The molecule has 8 aliphatic rings. The number of methoxy groups -OCH3 is 1. The van der Waals surface area contributed by atoms with Crippen molar-refractivity contribution in [3.05, 3.63) is 47.6 Å². The molecule has 84 heavy (non-hydrogen) atoms. The van der Waals surface area contributed by atoms with Gasteiger partial charge in [0.05, 0.1) is 56.8 Å². The van der Waals surface area contributed by atoms with Gasteiger partial charge in [0.25, 0.3) is 0 Å². The molecule has 0 aromatic heterocycles. The number of fused-ring (bicyclic) bond motifs is 10. The highest BCUT2D eigenvalue weighted by Gasteiger charge is 2.77. The highest BCUT2D eigenvalue weighted by atomic mass is 28.4. The first-order valence-electron chi connectivity index (χ1n) is 30.2. The lowest BCUT2D eigenvalue weighted by atomic mass is 9.44. The lowest BCUT2D eigenvalue weighted by Crippen LogP contribution is -2.69. The van der Waals surface area contributed by atoms with Gasteiger partial charge >= 0.3 is 5.97 Å². The Morgan fingerprint density at radius 2 is 0.988 bits per heavy atom. The fraction of sp³-hybridized carbons (Fsp3) is 0.762. The van der Waals surface area contributed by atoms with Gasteiger partial charge in [0.2, 0.25) is 11.8 Å². The van der Waals surface area contributed by atoms with Crippen LogP contribution in [0.3, 0.4) is 0 Å². The van der Waals surface area contributed by atoms with Gasteiger partial charge in [0, 0.05) is 33.5 Å². The van der Waals surface area contributed by atoms with Crippen molar-refractivity contribution in [3.8, 4) is 0 Å². The van der Waals surface area contributed by atoms with Crippen molar-refractivity contribution in [1.82, 2.24) is 10.9 Å². The minimum absolute atomic E-state index is 0.156. The molecule has 0 unspecified atom stereocenters. The third-order valence-electron chi connectivity index (χ3n) is 24.2. The van der Waals surface area contributed by atoms with E-state index in [1.807, 2.05) is 40.0 Å². The molecule has 2 amide bonds. The fourth-order valence-electron chi connectivity index (χ4n) is 16.8. The molecule has 21 heteroatoms. The molecular weight excluding hydrogens is 1110 g/mol. The van der Waals surface area contributed by atoms with Gasteiger partial charge in [-0.2, -0.15) is 10.2 Å². The molecule has 0 aromatic rings. The van der Waals surface area contributed by atoms with Crippen LogP contribution in [0.25, 0.3) is 0 Å². The molecule has 6 fully saturated rings. The molecule has 0 heterocycles. The number of hydrogen-bond donors (Lipinski definition) is 7. The van der Waals surface area contributed by atoms with E-state index in [0.717, 1.165) is 7.11 Å². The number of carbonyl (C=O) groups excluding carboxylic acids is 5. The van der Waals surface area contributed by atoms with E-state index in [9.17, 15) is 49.5 Å². The quantitative estimate of drug-likeness (QED) is 0.0462. The predicted octanol–water partition coefficient (Wildman–Crippen LogP) is 8.35. The van der Waals surface area contributed by atoms with Crippen LogP contribution in [0.2, 0.25) is 36.3 Å². The number of aliphatic hydroxyl groups excluding tert-OH is 2. The van der Waals surface area contributed by atoms with Crippen LogP contribution in [0.1, 0.15) is 147 Å². The summed E-state index contributed by atoms with van der Waals surface area (Å²) in [6.45, 7) is 30.7. The van der Waals surface area contributed by atoms with Gasteiger partial charge in [-0.15, -0.1) is 0 Å². The fourth-order valence-corrected chi connectivity index (χ4v) is 18.7. The Balaban J connectivity index is 0.903. The van der Waals surface area contributed by atoms with Crippen molar-refractivity contribution in [1.29, 1.82) is 0 Å². The second-order valence-electron chi connectivity index (χ2n) is 30.5. The molecule has 8 aliphatic carbocycles. The molecule has 468 valence electrons. The summed E-state index contributed by atoms with van der Waals surface area (Å²) in [4.78, 5) is 68.3. The second kappa shape index (κ2) is 21.4. The average molecular weight is 1210 g/mol. The number of esters is 1. The average Bonchev–Trinajstić information content (AvgIpc) is 1.34. The summed E-state index contributed by atoms with van der Waals surface area (Å²) < 4.78 is 54.0. The Morgan fingerprint density at radius 3 is 1.31 bits per heavy atom. The Labute approximate surface area is 497 Å². The molecule has 0 aliphatic heterocycles. The summed E-state index contributed by atoms with van der Waals surface area (Å²) in [5.41, 5.74) is -9.38. The Morgan fingerprint density at radius 1 is 0.643 bits per heavy atom. The normalized spacial score (nSPS) is 41.0. The van der Waals surface area contributed by atoms with Gasteiger partial charge in [0.15, 0.2) is 45.1 Å². The number of allylic oxidation sites excluding steroid dienone is 8. The Hall–Kier alpha value is -3.94. The molecule has 17 nitrogen and oxygen atoms in total. The van der Waals surface area contributed by atoms with Crippen LogP contribution in [0, 0.1) is 57.2 Å². The number of aliphatic hydroxyl groups is 5. The van der Waals surface area contributed by atoms with Crippen molar-refractivity contribution >= 4 is 57.4 Å². The van der Waals surface area contributed by atoms with Crippen molar-refractivity contribution in [3.63, 3.8) is 0 Å². The molecule has 0 aromatic carbocycles. The minimum atomic E-state index is -2.68. The number of nitrogens with zero attached hydrogens (tertiary/aromatic N) is 2. The maximum Gasteiger partial charge on any atom is 0.338 e. The van der Waals surface area contributed by atoms with E-state index in [1.54, 1.807) is 52.0 Å². The second-order valence-corrected chi connectivity index (χ2v) is 40.1. The summed E-state index contributed by atoms with van der Waals surface area (Å²) in [7, 11) is -3.74. The largest absolute Gasteiger partial charge is 0.467 e. The number of nitrogens with one attached hydrogen (secondary N) is 2. The van der Waals surface area contributed by atoms with Crippen LogP contribution in [-0.4, -0.2) is 144 Å². The van der Waals surface area contributed by atoms with Crippen molar-refractivity contribution in [2.75, 3.05) is 20.3 Å². The summed E-state index contributed by atoms with van der Waals surface area (Å²) in [6, 6.07) is 0. The van der Waals surface area contributed by atoms with Gasteiger partial charge < -0.3 is 39.1 Å². The van der Waals surface area contributed by atoms with Crippen LogP contribution < -0.4 is 10.9 Å². The summed E-state index contributed by atoms with van der Waals surface area (Å²) in [5.74, 6) is -7.44. The monoisotopic (exact) mass is 1210 g/mol. The van der Waals surface area contributed by atoms with Crippen LogP contribution in [-0.2, 0) is 37.6 Å². The van der Waals surface area contributed by atoms with Crippen LogP contribution in [0.4, 0.5) is 8.78 Å². The van der Waals surface area contributed by atoms with Crippen molar-refractivity contribution in [2.45, 2.75) is 224 Å². The van der Waals surface area contributed by atoms with Gasteiger partial charge in [-0.25, -0.2) is 24.4 Å². The predicted molar refractivity (Wildman–Crippen MR) is 319 cm³/mol. The minimum Gasteiger partial charge on any atom is -0.467 e. The van der Waals surface area contributed by atoms with E-state index in [4.69, 9.17) is 13.6 Å². The van der Waals surface area contributed by atoms with Crippen LogP contribution in [0.5, 0.6) is 0 Å². The van der Waals surface area contributed by atoms with E-state index in [2.05, 4.69) is 62.6 Å². The van der Waals surface area contributed by atoms with E-state index >= 15 is 8.78 Å². The molecule has 7 N–H and O–H groups in total. The number of carbonyl (C=O) groups is 5. The first-order chi connectivity index (χ1) is 38.4. The van der Waals surface area contributed by atoms with Gasteiger partial charge in [-0.1, -0.05) is 92.5 Å². The van der Waals surface area contributed by atoms with Gasteiger partial charge in [-0.05, 0) is 149 Å². The standard InChI is InChI=1S/C63H96F2N4O13Si2/c1-36-26-44-42-20-18-38-28-40(22-24-55(38,9)60(42,64)46(70)30-57(44,11)62(36,78)48(72)34-81-83(14,15)53(3,4)5)66-68-50(74)32-59(77,52(76)80-13)33-51(75)69-67-41-23-25-56(10)39(29-41)19-21-43-45-27-37(2)63(79,58(45,12)31-47(71)61(43,56)65)49(73)35-82-84(16,17)54(6,7)8/h22-25,28-29,36-37,42-47,70-71,77-79H,18-21,26-27,30-35H2,1-17H3,(H,68,74)(H,69,75)/b66-40+,67-41+/t36-,37-,42+,43+,44+,45+,46+,47+,55+,56+,57+,58+,60+,61+,62+,63+/m1/s1. The molecule has 0 radical (unpaired) electrons. The Bertz CT molecular complexity index is 2730. The number of hydrazone groups is 2. The number of amides is 2. The lowest BCUT2D eigenvalue weighted by molar-refractivity contribution is -0.219. The lowest BCUT2D eigenvalue weighted by Gasteiger charge is -2.62. The third kappa shape index (κ3) is 9.75. The molecule has 0 spiro atoms. The maximum absolute atomic E-state index is 18.3. The number of Topliss-reactive ketones (excluding diaryl/α,β-unsaturated/α-hetero) is 2. The number of alkyl halides is 2. The third-order valence-corrected chi connectivity index (χ3v) is 33.1. The summed E-state index contributed by atoms with van der Waals surface area (Å²) in [6.07, 6.45) is 6.32. The van der Waals surface area contributed by atoms with Crippen LogP contribution >= 0.6 is 0 Å². The topological polar surface area (TPSA) is 263 Å². The van der Waals surface area contributed by atoms with Gasteiger partial charge in [-0.3, -0.25) is 19.2 Å². The molecule has 16 atom stereocenters. The first-order valence-corrected chi connectivity index (χ1v) is 36.1. The highest BCUT2D eigenvalue weighted by molar-refractivity contribution is 6.74. The number of rotatable bonds is 15. The Kier molecular flexibility index (Phi) is 16.8. The van der Waals surface area contributed by atoms with E-state index in [-0.39, 0.29) is 47.6 Å². The molecule has 6 saturated carbocycles. The zero-order valence-corrected chi connectivity index (χ0v) is 54.7. The number of ketones is 2. The first kappa shape index (κ1) is 66.0. The molecule has 0 bridgehead atoms. The highest BCUT2D eigenvalue weighted by Crippen LogP contribution is 2.73. The zero-order valence-electron chi connectivity index (χ0n) is 52.7. The van der Waals surface area contributed by atoms with E-state index < -0.39 is 156 Å². The smallest absolute Gasteiger partial charge is 0.338 e. The maximum atomic E-state index is 18.3. The summed E-state index contributed by atoms with van der Waals surface area (Å²) in [5, 5.41) is 68.6. The summed E-state index contributed by atoms with van der Waals surface area (Å²) >= 11 is 0. The van der Waals surface area contributed by atoms with E-state index in [0.29, 0.717) is 49.7 Å². The van der Waals surface area contributed by atoms with Crippen molar-refractivity contribution in [2.24, 2.45) is 67.4 Å². The molecule has 8 rings (SSSR count). The SMILES string of the molecule is COC(=O)C(O)(CC(=O)N/N=C1\C=C[C@@]2(C)C(=C1)CC[C@H]1[C@@H]3C[C@@H](C)[C@](O)(C(=O)CO[Si](C)(C)C(C)(C)C)[C@@]3(C)C[C@H](O)[C@@]12F)CC(=O)N/N=C1\C=C[C@@]2(C)C(=C1)CC[C@H]1[C@@H]3C[C@@H](C)[C@](O)(C(=O)CO[Si](C)(C)C(C)(C)C)[C@@]3(C)C[C@H](O)[C@@]12F. The number of halogens is 2. The van der Waals surface area contributed by atoms with E-state index in [1.165, 1.54) is 12.2 Å². The number of hydrogen-bond acceptors (Lipinski definition) is 15. The molecular formula is C63H96F2N4O13Si2. The number of ether oxygens (including phenoxy) is 1. The van der Waals surface area contributed by atoms with Crippen molar-refractivity contribution < 1.29 is 71.9 Å². The zero-order chi connectivity index (χ0) is 63.0. The molecule has 0 saturated heterocycles.